The Morgan fingerprint density at radius 1 is 1.15 bits per heavy atom. The third kappa shape index (κ3) is 3.45. The minimum absolute atomic E-state index is 0.292. The largest absolute Gasteiger partial charge is 0.310 e. The summed E-state index contributed by atoms with van der Waals surface area (Å²) in [5.41, 5.74) is 2.69. The Bertz CT molecular complexity index is 516. The second-order valence-electron chi connectivity index (χ2n) is 4.90. The predicted octanol–water partition coefficient (Wildman–Crippen LogP) is 2.75. The van der Waals surface area contributed by atoms with E-state index in [-0.39, 0.29) is 0 Å². The first-order valence-corrected chi connectivity index (χ1v) is 7.47. The molecule has 0 amide bonds. The van der Waals surface area contributed by atoms with Gasteiger partial charge < -0.3 is 5.32 Å². The summed E-state index contributed by atoms with van der Waals surface area (Å²) in [7, 11) is 0. The zero-order valence-corrected chi connectivity index (χ0v) is 12.6. The second-order valence-corrected chi connectivity index (χ2v) is 4.90. The molecule has 0 saturated heterocycles. The van der Waals surface area contributed by atoms with Crippen molar-refractivity contribution < 1.29 is 0 Å². The van der Waals surface area contributed by atoms with Gasteiger partial charge >= 0.3 is 0 Å². The molecule has 1 atom stereocenters. The first-order valence-electron chi connectivity index (χ1n) is 7.47. The van der Waals surface area contributed by atoms with Crippen molar-refractivity contribution in [2.45, 2.75) is 46.2 Å². The van der Waals surface area contributed by atoms with Crippen LogP contribution in [-0.2, 0) is 19.4 Å². The molecule has 0 aliphatic carbocycles. The van der Waals surface area contributed by atoms with Gasteiger partial charge in [-0.25, -0.2) is 4.98 Å². The van der Waals surface area contributed by atoms with Crippen LogP contribution >= 0.6 is 0 Å². The molecule has 4 heteroatoms. The molecule has 1 N–H and O–H groups in total. The smallest absolute Gasteiger partial charge is 0.138 e. The summed E-state index contributed by atoms with van der Waals surface area (Å²) in [6.07, 6.45) is 3.59. The Balaban J connectivity index is 2.17. The number of nitrogens with one attached hydrogen (secondary N) is 1. The molecule has 0 aliphatic heterocycles. The molecule has 0 bridgehead atoms. The van der Waals surface area contributed by atoms with Crippen molar-refractivity contribution in [3.63, 3.8) is 0 Å². The average Bonchev–Trinajstić information content (AvgIpc) is 2.94. The van der Waals surface area contributed by atoms with Gasteiger partial charge in [-0.3, -0.25) is 4.68 Å². The monoisotopic (exact) mass is 272 g/mol. The van der Waals surface area contributed by atoms with Crippen molar-refractivity contribution in [3.05, 3.63) is 47.5 Å². The quantitative estimate of drug-likeness (QED) is 0.843. The van der Waals surface area contributed by atoms with Crippen molar-refractivity contribution in [2.24, 2.45) is 0 Å². The summed E-state index contributed by atoms with van der Waals surface area (Å²) in [6, 6.07) is 9.16. The fourth-order valence-electron chi connectivity index (χ4n) is 2.43. The van der Waals surface area contributed by atoms with E-state index in [1.807, 2.05) is 4.68 Å². The topological polar surface area (TPSA) is 42.7 Å². The fourth-order valence-corrected chi connectivity index (χ4v) is 2.43. The van der Waals surface area contributed by atoms with Gasteiger partial charge in [0.05, 0.1) is 0 Å². The van der Waals surface area contributed by atoms with Crippen LogP contribution in [-0.4, -0.2) is 21.3 Å². The molecule has 1 aromatic carbocycles. The summed E-state index contributed by atoms with van der Waals surface area (Å²) >= 11 is 0. The summed E-state index contributed by atoms with van der Waals surface area (Å²) in [6.45, 7) is 8.22. The van der Waals surface area contributed by atoms with E-state index in [1.54, 1.807) is 6.33 Å². The van der Waals surface area contributed by atoms with Crippen LogP contribution in [0.15, 0.2) is 30.6 Å². The number of aromatic nitrogens is 3. The average molecular weight is 272 g/mol. The molecule has 0 spiro atoms. The second kappa shape index (κ2) is 7.20. The van der Waals surface area contributed by atoms with E-state index < -0.39 is 0 Å². The van der Waals surface area contributed by atoms with Crippen molar-refractivity contribution >= 4 is 0 Å². The zero-order chi connectivity index (χ0) is 14.4. The van der Waals surface area contributed by atoms with E-state index in [1.165, 1.54) is 11.1 Å². The number of hydrogen-bond donors (Lipinski definition) is 1. The number of likely N-dealkylation sites (N-methyl/N-ethyl adjacent to an activating group) is 1. The highest BCUT2D eigenvalue weighted by Gasteiger charge is 2.14. The Morgan fingerprint density at radius 3 is 2.50 bits per heavy atom. The fraction of sp³-hybridized carbons (Fsp3) is 0.500. The standard InChI is InChI=1S/C16H24N4/c1-4-13-7-9-14(10-8-13)15(17-5-2)11-16-18-12-19-20(16)6-3/h7-10,12,15,17H,4-6,11H2,1-3H3. The maximum atomic E-state index is 4.38. The van der Waals surface area contributed by atoms with Gasteiger partial charge in [0, 0.05) is 19.0 Å². The van der Waals surface area contributed by atoms with Gasteiger partial charge in [0.2, 0.25) is 0 Å². The van der Waals surface area contributed by atoms with Gasteiger partial charge in [-0.15, -0.1) is 0 Å². The van der Waals surface area contributed by atoms with Gasteiger partial charge in [-0.05, 0) is 31.0 Å². The van der Waals surface area contributed by atoms with E-state index in [0.29, 0.717) is 6.04 Å². The van der Waals surface area contributed by atoms with Gasteiger partial charge in [-0.2, -0.15) is 5.10 Å². The molecule has 2 rings (SSSR count). The van der Waals surface area contributed by atoms with Crippen LogP contribution in [0.3, 0.4) is 0 Å². The number of aryl methyl sites for hydroxylation is 2. The molecule has 1 unspecified atom stereocenters. The van der Waals surface area contributed by atoms with E-state index in [0.717, 1.165) is 31.8 Å². The van der Waals surface area contributed by atoms with E-state index in [2.05, 4.69) is 60.4 Å². The van der Waals surface area contributed by atoms with Crippen LogP contribution in [0.4, 0.5) is 0 Å². The van der Waals surface area contributed by atoms with Crippen molar-refractivity contribution in [1.29, 1.82) is 0 Å². The van der Waals surface area contributed by atoms with Crippen molar-refractivity contribution in [1.82, 2.24) is 20.1 Å². The summed E-state index contributed by atoms with van der Waals surface area (Å²) in [5, 5.41) is 7.79. The molecular formula is C16H24N4. The lowest BCUT2D eigenvalue weighted by Crippen LogP contribution is -2.24. The molecule has 0 saturated carbocycles. The van der Waals surface area contributed by atoms with Gasteiger partial charge in [-0.1, -0.05) is 38.1 Å². The van der Waals surface area contributed by atoms with Gasteiger partial charge in [0.15, 0.2) is 0 Å². The van der Waals surface area contributed by atoms with Crippen LogP contribution in [0.2, 0.25) is 0 Å². The lowest BCUT2D eigenvalue weighted by molar-refractivity contribution is 0.509. The van der Waals surface area contributed by atoms with E-state index in [4.69, 9.17) is 0 Å². The summed E-state index contributed by atoms with van der Waals surface area (Å²) < 4.78 is 1.96. The van der Waals surface area contributed by atoms with Crippen molar-refractivity contribution in [3.8, 4) is 0 Å². The molecule has 4 nitrogen and oxygen atoms in total. The number of rotatable bonds is 7. The van der Waals surface area contributed by atoms with E-state index in [9.17, 15) is 0 Å². The molecule has 0 radical (unpaired) electrons. The Labute approximate surface area is 121 Å². The Morgan fingerprint density at radius 2 is 1.90 bits per heavy atom. The maximum Gasteiger partial charge on any atom is 0.138 e. The van der Waals surface area contributed by atoms with Crippen LogP contribution < -0.4 is 5.32 Å². The molecule has 0 fully saturated rings. The molecule has 1 heterocycles. The van der Waals surface area contributed by atoms with Crippen LogP contribution in [0.25, 0.3) is 0 Å². The molecule has 108 valence electrons. The summed E-state index contributed by atoms with van der Waals surface area (Å²) in [4.78, 5) is 4.38. The first-order chi connectivity index (χ1) is 9.78. The van der Waals surface area contributed by atoms with Crippen LogP contribution in [0, 0.1) is 0 Å². The third-order valence-electron chi connectivity index (χ3n) is 3.62. The Kier molecular flexibility index (Phi) is 5.30. The van der Waals surface area contributed by atoms with E-state index >= 15 is 0 Å². The number of benzene rings is 1. The molecule has 1 aromatic heterocycles. The zero-order valence-electron chi connectivity index (χ0n) is 12.6. The van der Waals surface area contributed by atoms with Crippen LogP contribution in [0.5, 0.6) is 0 Å². The highest BCUT2D eigenvalue weighted by atomic mass is 15.3. The number of nitrogens with zero attached hydrogens (tertiary/aromatic N) is 3. The maximum absolute atomic E-state index is 4.38. The minimum atomic E-state index is 0.292. The first kappa shape index (κ1) is 14.7. The van der Waals surface area contributed by atoms with Gasteiger partial charge in [0.25, 0.3) is 0 Å². The normalized spacial score (nSPS) is 12.6. The highest BCUT2D eigenvalue weighted by molar-refractivity contribution is 5.25. The van der Waals surface area contributed by atoms with Gasteiger partial charge in [0.1, 0.15) is 12.2 Å². The molecule has 20 heavy (non-hydrogen) atoms. The number of hydrogen-bond acceptors (Lipinski definition) is 3. The summed E-state index contributed by atoms with van der Waals surface area (Å²) in [5.74, 6) is 1.04. The molecule has 2 aromatic rings. The molecule has 0 aliphatic rings. The molecular weight excluding hydrogens is 248 g/mol. The van der Waals surface area contributed by atoms with Crippen LogP contribution in [0.1, 0.15) is 43.8 Å². The lowest BCUT2D eigenvalue weighted by atomic mass is 10.0. The lowest BCUT2D eigenvalue weighted by Gasteiger charge is -2.18. The van der Waals surface area contributed by atoms with Crippen molar-refractivity contribution in [2.75, 3.05) is 6.54 Å². The Hall–Kier alpha value is -1.68. The highest BCUT2D eigenvalue weighted by Crippen LogP contribution is 2.18. The predicted molar refractivity (Wildman–Crippen MR) is 81.6 cm³/mol. The SMILES string of the molecule is CCNC(Cc1ncnn1CC)c1ccc(CC)cc1. The minimum Gasteiger partial charge on any atom is -0.310 e. The third-order valence-corrected chi connectivity index (χ3v) is 3.62.